The summed E-state index contributed by atoms with van der Waals surface area (Å²) in [6.07, 6.45) is -0.264. The lowest BCUT2D eigenvalue weighted by molar-refractivity contribution is -0.132. The smallest absolute Gasteiger partial charge is 0.261 e. The van der Waals surface area contributed by atoms with Crippen LogP contribution in [0.2, 0.25) is 0 Å². The third kappa shape index (κ3) is 3.00. The summed E-state index contributed by atoms with van der Waals surface area (Å²) in [4.78, 5) is 19.4. The molecule has 0 bridgehead atoms. The van der Waals surface area contributed by atoms with E-state index in [1.165, 1.54) is 17.0 Å². The van der Waals surface area contributed by atoms with Gasteiger partial charge in [-0.05, 0) is 53.1 Å². The molecule has 2 N–H and O–H groups in total. The summed E-state index contributed by atoms with van der Waals surface area (Å²) in [5, 5.41) is 9.24. The standard InChI is InChI=1S/C25H19FN4O2/c1-30-23(31)25(29-24(30)28)13-22(16-5-8-19(26)9-6-16)32-21-10-7-18(12-20(21)25)17-4-2-3-15(11-17)14-27/h2-12,22H,13H2,1H3,(H2,28,29)/t22-,25-/m0/s1. The number of nitriles is 1. The monoisotopic (exact) mass is 426 g/mol. The van der Waals surface area contributed by atoms with E-state index in [-0.39, 0.29) is 24.1 Å². The number of likely N-dealkylation sites (N-methyl/N-ethyl adjacent to an activating group) is 1. The Kier molecular flexibility index (Phi) is 4.45. The van der Waals surface area contributed by atoms with Crippen molar-refractivity contribution in [2.24, 2.45) is 10.7 Å². The van der Waals surface area contributed by atoms with Gasteiger partial charge in [-0.3, -0.25) is 9.69 Å². The van der Waals surface area contributed by atoms with Gasteiger partial charge in [-0.2, -0.15) is 5.26 Å². The van der Waals surface area contributed by atoms with Gasteiger partial charge in [0.2, 0.25) is 0 Å². The Labute approximate surface area is 184 Å². The highest BCUT2D eigenvalue weighted by molar-refractivity contribution is 6.07. The van der Waals surface area contributed by atoms with Gasteiger partial charge in [-0.1, -0.05) is 30.3 Å². The fourth-order valence-electron chi connectivity index (χ4n) is 4.35. The average molecular weight is 426 g/mol. The lowest BCUT2D eigenvalue weighted by Crippen LogP contribution is -2.43. The van der Waals surface area contributed by atoms with Gasteiger partial charge in [-0.25, -0.2) is 9.38 Å². The lowest BCUT2D eigenvalue weighted by Gasteiger charge is -2.37. The van der Waals surface area contributed by atoms with Crippen LogP contribution in [0.1, 0.15) is 29.2 Å². The van der Waals surface area contributed by atoms with Gasteiger partial charge in [0.15, 0.2) is 11.5 Å². The predicted molar refractivity (Wildman–Crippen MR) is 117 cm³/mol. The minimum Gasteiger partial charge on any atom is -0.485 e. The van der Waals surface area contributed by atoms with E-state index in [0.717, 1.165) is 16.7 Å². The molecule has 32 heavy (non-hydrogen) atoms. The van der Waals surface area contributed by atoms with Crippen LogP contribution in [0.3, 0.4) is 0 Å². The summed E-state index contributed by atoms with van der Waals surface area (Å²) in [5.41, 5.74) is 8.40. The molecule has 0 fully saturated rings. The van der Waals surface area contributed by atoms with Crippen LogP contribution in [-0.4, -0.2) is 23.8 Å². The van der Waals surface area contributed by atoms with Crippen LogP contribution in [0, 0.1) is 17.1 Å². The van der Waals surface area contributed by atoms with Gasteiger partial charge in [0, 0.05) is 19.0 Å². The predicted octanol–water partition coefficient (Wildman–Crippen LogP) is 3.87. The Hall–Kier alpha value is -4.18. The van der Waals surface area contributed by atoms with E-state index >= 15 is 0 Å². The van der Waals surface area contributed by atoms with Crippen LogP contribution in [-0.2, 0) is 10.3 Å². The zero-order valence-electron chi connectivity index (χ0n) is 17.2. The number of carbonyl (C=O) groups is 1. The molecule has 0 saturated heterocycles. The second-order valence-corrected chi connectivity index (χ2v) is 7.96. The van der Waals surface area contributed by atoms with Crippen molar-refractivity contribution in [1.29, 1.82) is 5.26 Å². The van der Waals surface area contributed by atoms with Crippen molar-refractivity contribution in [3.63, 3.8) is 0 Å². The molecular weight excluding hydrogens is 407 g/mol. The first kappa shape index (κ1) is 19.8. The molecule has 0 aliphatic carbocycles. The molecule has 5 rings (SSSR count). The summed E-state index contributed by atoms with van der Waals surface area (Å²) in [6.45, 7) is 0. The van der Waals surface area contributed by atoms with Crippen molar-refractivity contribution in [3.8, 4) is 22.9 Å². The maximum Gasteiger partial charge on any atom is 0.261 e. The number of carbonyl (C=O) groups excluding carboxylic acids is 1. The molecule has 0 aromatic heterocycles. The number of ether oxygens (including phenoxy) is 1. The number of nitrogens with two attached hydrogens (primary N) is 1. The number of nitrogens with zero attached hydrogens (tertiary/aromatic N) is 3. The van der Waals surface area contributed by atoms with E-state index in [4.69, 9.17) is 10.5 Å². The van der Waals surface area contributed by atoms with Crippen molar-refractivity contribution in [3.05, 3.63) is 89.2 Å². The zero-order valence-corrected chi connectivity index (χ0v) is 17.2. The fraction of sp³-hybridized carbons (Fsp3) is 0.160. The summed E-state index contributed by atoms with van der Waals surface area (Å²) < 4.78 is 19.7. The highest BCUT2D eigenvalue weighted by Crippen LogP contribution is 2.50. The molecule has 1 spiro atoms. The van der Waals surface area contributed by atoms with E-state index in [1.807, 2.05) is 24.3 Å². The van der Waals surface area contributed by atoms with Crippen molar-refractivity contribution in [2.75, 3.05) is 7.05 Å². The van der Waals surface area contributed by atoms with Crippen LogP contribution in [0.15, 0.2) is 71.7 Å². The Balaban J connectivity index is 1.66. The van der Waals surface area contributed by atoms with Gasteiger partial charge in [-0.15, -0.1) is 0 Å². The highest BCUT2D eigenvalue weighted by Gasteiger charge is 2.53. The molecule has 0 unspecified atom stereocenters. The summed E-state index contributed by atoms with van der Waals surface area (Å²) in [6, 6.07) is 21.0. The molecule has 2 aliphatic heterocycles. The normalized spacial score (nSPS) is 21.7. The number of guanidine groups is 1. The topological polar surface area (TPSA) is 91.7 Å². The average Bonchev–Trinajstić information content (AvgIpc) is 3.03. The SMILES string of the molecule is CN1C(=O)[C@@]2(C[C@@H](c3ccc(F)cc3)Oc3ccc(-c4cccc(C#N)c4)cc32)N=C1N. The summed E-state index contributed by atoms with van der Waals surface area (Å²) in [5.74, 6) is 0.0704. The first-order valence-electron chi connectivity index (χ1n) is 10.1. The Morgan fingerprint density at radius 3 is 2.59 bits per heavy atom. The molecule has 7 heteroatoms. The second kappa shape index (κ2) is 7.20. The second-order valence-electron chi connectivity index (χ2n) is 7.96. The number of amides is 1. The fourth-order valence-corrected chi connectivity index (χ4v) is 4.35. The minimum atomic E-state index is -1.24. The largest absolute Gasteiger partial charge is 0.485 e. The van der Waals surface area contributed by atoms with Crippen molar-refractivity contribution >= 4 is 11.9 Å². The summed E-state index contributed by atoms with van der Waals surface area (Å²) >= 11 is 0. The molecule has 3 aromatic carbocycles. The van der Waals surface area contributed by atoms with E-state index in [2.05, 4.69) is 11.1 Å². The maximum atomic E-state index is 13.5. The molecule has 0 saturated carbocycles. The number of fused-ring (bicyclic) bond motifs is 2. The van der Waals surface area contributed by atoms with E-state index in [0.29, 0.717) is 16.9 Å². The number of halogens is 1. The number of rotatable bonds is 2. The van der Waals surface area contributed by atoms with Gasteiger partial charge >= 0.3 is 0 Å². The molecular formula is C25H19FN4O2. The first-order chi connectivity index (χ1) is 15.4. The van der Waals surface area contributed by atoms with E-state index < -0.39 is 11.6 Å². The summed E-state index contributed by atoms with van der Waals surface area (Å²) in [7, 11) is 1.60. The van der Waals surface area contributed by atoms with Crippen molar-refractivity contribution in [1.82, 2.24) is 4.90 Å². The van der Waals surface area contributed by atoms with E-state index in [1.54, 1.807) is 37.4 Å². The Morgan fingerprint density at radius 1 is 1.16 bits per heavy atom. The molecule has 158 valence electrons. The number of aliphatic imine (C=N–C) groups is 1. The Morgan fingerprint density at radius 2 is 1.91 bits per heavy atom. The first-order valence-corrected chi connectivity index (χ1v) is 10.1. The van der Waals surface area contributed by atoms with Crippen LogP contribution in [0.25, 0.3) is 11.1 Å². The molecule has 2 atom stereocenters. The van der Waals surface area contributed by atoms with E-state index in [9.17, 15) is 14.4 Å². The molecule has 0 radical (unpaired) electrons. The molecule has 6 nitrogen and oxygen atoms in total. The van der Waals surface area contributed by atoms with Crippen LogP contribution in [0.5, 0.6) is 5.75 Å². The van der Waals surface area contributed by atoms with Gasteiger partial charge in [0.1, 0.15) is 17.7 Å². The highest BCUT2D eigenvalue weighted by atomic mass is 19.1. The van der Waals surface area contributed by atoms with Crippen molar-refractivity contribution in [2.45, 2.75) is 18.1 Å². The van der Waals surface area contributed by atoms with Crippen LogP contribution < -0.4 is 10.5 Å². The lowest BCUT2D eigenvalue weighted by atomic mass is 9.79. The quantitative estimate of drug-likeness (QED) is 0.673. The third-order valence-electron chi connectivity index (χ3n) is 6.05. The van der Waals surface area contributed by atoms with Crippen molar-refractivity contribution < 1.29 is 13.9 Å². The van der Waals surface area contributed by atoms with Gasteiger partial charge < -0.3 is 10.5 Å². The van der Waals surface area contributed by atoms with Crippen LogP contribution in [0.4, 0.5) is 4.39 Å². The molecule has 1 amide bonds. The molecule has 2 aliphatic rings. The zero-order chi connectivity index (χ0) is 22.5. The minimum absolute atomic E-state index is 0.137. The number of hydrogen-bond acceptors (Lipinski definition) is 5. The number of benzene rings is 3. The Bertz CT molecular complexity index is 1310. The molecule has 2 heterocycles. The number of hydrogen-bond donors (Lipinski definition) is 1. The van der Waals surface area contributed by atoms with Crippen LogP contribution >= 0.6 is 0 Å². The maximum absolute atomic E-state index is 13.5. The van der Waals surface area contributed by atoms with Gasteiger partial charge in [0.05, 0.1) is 11.6 Å². The van der Waals surface area contributed by atoms with Gasteiger partial charge in [0.25, 0.3) is 5.91 Å². The molecule has 3 aromatic rings. The third-order valence-corrected chi connectivity index (χ3v) is 6.05.